The average Bonchev–Trinajstić information content (AvgIpc) is 2.64. The van der Waals surface area contributed by atoms with Crippen molar-refractivity contribution in [2.75, 3.05) is 6.54 Å². The van der Waals surface area contributed by atoms with Crippen LogP contribution in [0.25, 0.3) is 0 Å². The Morgan fingerprint density at radius 3 is 2.58 bits per heavy atom. The maximum absolute atomic E-state index is 12.3. The van der Waals surface area contributed by atoms with Crippen LogP contribution >= 0.6 is 11.6 Å². The van der Waals surface area contributed by atoms with Crippen molar-refractivity contribution in [1.82, 2.24) is 5.32 Å². The lowest BCUT2D eigenvalue weighted by atomic mass is 9.95. The van der Waals surface area contributed by atoms with Gasteiger partial charge in [-0.05, 0) is 23.3 Å². The zero-order valence-corrected chi connectivity index (χ0v) is 10.6. The summed E-state index contributed by atoms with van der Waals surface area (Å²) in [5, 5.41) is 2.74. The summed E-state index contributed by atoms with van der Waals surface area (Å²) in [5.74, 6) is -0.788. The molecule has 1 aromatic rings. The van der Waals surface area contributed by atoms with Crippen LogP contribution in [0.5, 0.6) is 0 Å². The minimum Gasteiger partial charge on any atom is -0.368 e. The molecule has 3 N–H and O–H groups in total. The molecule has 0 fully saturated rings. The van der Waals surface area contributed by atoms with Gasteiger partial charge in [-0.3, -0.25) is 10.1 Å². The van der Waals surface area contributed by atoms with Gasteiger partial charge in [-0.15, -0.1) is 0 Å². The number of amides is 1. The van der Waals surface area contributed by atoms with Crippen molar-refractivity contribution in [3.8, 4) is 0 Å². The third-order valence-electron chi connectivity index (χ3n) is 3.25. The van der Waals surface area contributed by atoms with Gasteiger partial charge in [-0.2, -0.15) is 13.2 Å². The minimum absolute atomic E-state index is 0.119. The van der Waals surface area contributed by atoms with Gasteiger partial charge >= 0.3 is 6.18 Å². The Kier molecular flexibility index (Phi) is 3.49. The summed E-state index contributed by atoms with van der Waals surface area (Å²) in [6, 6.07) is 5.00. The first kappa shape index (κ1) is 14.1. The standard InChI is InChI=1S/C12H12ClF3N2O/c13-9-2-1-7-4-11(10(17)19,5-8(7)3-9)18-6-12(14,15)16/h1-3,18H,4-6H2,(H2,17,19). The Bertz CT molecular complexity index is 518. The quantitative estimate of drug-likeness (QED) is 0.893. The summed E-state index contributed by atoms with van der Waals surface area (Å²) >= 11 is 5.83. The summed E-state index contributed by atoms with van der Waals surface area (Å²) in [5.41, 5.74) is 5.43. The van der Waals surface area contributed by atoms with Gasteiger partial charge in [0.2, 0.25) is 5.91 Å². The summed E-state index contributed by atoms with van der Waals surface area (Å²) in [6.45, 7) is -1.25. The number of carbonyl (C=O) groups excluding carboxylic acids is 1. The number of hydrogen-bond donors (Lipinski definition) is 2. The SMILES string of the molecule is NC(=O)C1(NCC(F)(F)F)Cc2ccc(Cl)cc2C1. The number of fused-ring (bicyclic) bond motifs is 1. The molecule has 0 heterocycles. The molecule has 1 unspecified atom stereocenters. The molecule has 1 atom stereocenters. The number of carbonyl (C=O) groups is 1. The Hall–Kier alpha value is -1.27. The molecular weight excluding hydrogens is 281 g/mol. The van der Waals surface area contributed by atoms with Crippen LogP contribution in [0.2, 0.25) is 5.02 Å². The summed E-state index contributed by atoms with van der Waals surface area (Å²) in [6.07, 6.45) is -4.13. The molecule has 0 radical (unpaired) electrons. The first-order chi connectivity index (χ1) is 8.72. The van der Waals surface area contributed by atoms with E-state index in [-0.39, 0.29) is 12.8 Å². The van der Waals surface area contributed by atoms with Crippen molar-refractivity contribution < 1.29 is 18.0 Å². The van der Waals surface area contributed by atoms with Crippen molar-refractivity contribution in [2.45, 2.75) is 24.6 Å². The third kappa shape index (κ3) is 3.01. The fourth-order valence-electron chi connectivity index (χ4n) is 2.30. The molecule has 1 aliphatic rings. The molecular formula is C12H12ClF3N2O. The highest BCUT2D eigenvalue weighted by Gasteiger charge is 2.44. The molecule has 0 bridgehead atoms. The van der Waals surface area contributed by atoms with Gasteiger partial charge in [0.15, 0.2) is 0 Å². The third-order valence-corrected chi connectivity index (χ3v) is 3.49. The van der Waals surface area contributed by atoms with E-state index in [1.165, 1.54) is 0 Å². The molecule has 104 valence electrons. The Morgan fingerprint density at radius 2 is 2.00 bits per heavy atom. The molecule has 3 nitrogen and oxygen atoms in total. The van der Waals surface area contributed by atoms with Crippen LogP contribution < -0.4 is 11.1 Å². The molecule has 0 saturated heterocycles. The smallest absolute Gasteiger partial charge is 0.368 e. The average molecular weight is 293 g/mol. The van der Waals surface area contributed by atoms with Gasteiger partial charge in [0, 0.05) is 17.9 Å². The number of alkyl halides is 3. The van der Waals surface area contributed by atoms with E-state index in [9.17, 15) is 18.0 Å². The first-order valence-electron chi connectivity index (χ1n) is 5.61. The van der Waals surface area contributed by atoms with E-state index in [4.69, 9.17) is 17.3 Å². The number of halogens is 4. The van der Waals surface area contributed by atoms with Crippen LogP contribution in [-0.2, 0) is 17.6 Å². The van der Waals surface area contributed by atoms with Gasteiger partial charge in [-0.25, -0.2) is 0 Å². The van der Waals surface area contributed by atoms with Crippen LogP contribution in [0.3, 0.4) is 0 Å². The van der Waals surface area contributed by atoms with Crippen molar-refractivity contribution in [1.29, 1.82) is 0 Å². The van der Waals surface area contributed by atoms with Crippen LogP contribution in [0.1, 0.15) is 11.1 Å². The maximum Gasteiger partial charge on any atom is 0.401 e. The van der Waals surface area contributed by atoms with E-state index in [1.54, 1.807) is 18.2 Å². The second kappa shape index (κ2) is 4.68. The molecule has 2 rings (SSSR count). The maximum atomic E-state index is 12.3. The predicted molar refractivity (Wildman–Crippen MR) is 64.8 cm³/mol. The van der Waals surface area contributed by atoms with E-state index in [1.807, 2.05) is 0 Å². The van der Waals surface area contributed by atoms with E-state index in [0.29, 0.717) is 5.02 Å². The molecule has 1 amide bonds. The van der Waals surface area contributed by atoms with E-state index in [2.05, 4.69) is 5.32 Å². The van der Waals surface area contributed by atoms with Gasteiger partial charge in [-0.1, -0.05) is 17.7 Å². The van der Waals surface area contributed by atoms with Crippen LogP contribution in [-0.4, -0.2) is 24.2 Å². The largest absolute Gasteiger partial charge is 0.401 e. The Morgan fingerprint density at radius 1 is 1.37 bits per heavy atom. The highest BCUT2D eigenvalue weighted by molar-refractivity contribution is 6.30. The van der Waals surface area contributed by atoms with Gasteiger partial charge in [0.05, 0.1) is 6.54 Å². The summed E-state index contributed by atoms with van der Waals surface area (Å²) in [4.78, 5) is 11.6. The van der Waals surface area contributed by atoms with Crippen LogP contribution in [0, 0.1) is 0 Å². The van der Waals surface area contributed by atoms with Crippen molar-refractivity contribution in [3.05, 3.63) is 34.3 Å². The summed E-state index contributed by atoms with van der Waals surface area (Å²) < 4.78 is 36.9. The molecule has 7 heteroatoms. The highest BCUT2D eigenvalue weighted by Crippen LogP contribution is 2.32. The predicted octanol–water partition coefficient (Wildman–Crippen LogP) is 1.81. The number of hydrogen-bond acceptors (Lipinski definition) is 2. The van der Waals surface area contributed by atoms with E-state index >= 15 is 0 Å². The Balaban J connectivity index is 2.23. The number of benzene rings is 1. The monoisotopic (exact) mass is 292 g/mol. The van der Waals surface area contributed by atoms with Crippen molar-refractivity contribution in [3.63, 3.8) is 0 Å². The second-order valence-electron chi connectivity index (χ2n) is 4.68. The van der Waals surface area contributed by atoms with Gasteiger partial charge < -0.3 is 5.73 Å². The molecule has 1 aromatic carbocycles. The fourth-order valence-corrected chi connectivity index (χ4v) is 2.49. The fraction of sp³-hybridized carbons (Fsp3) is 0.417. The molecule has 0 spiro atoms. The van der Waals surface area contributed by atoms with Crippen LogP contribution in [0.15, 0.2) is 18.2 Å². The zero-order chi connectivity index (χ0) is 14.3. The molecule has 0 saturated carbocycles. The van der Waals surface area contributed by atoms with E-state index < -0.39 is 24.2 Å². The lowest BCUT2D eigenvalue weighted by Crippen LogP contribution is -2.58. The first-order valence-corrected chi connectivity index (χ1v) is 5.99. The molecule has 1 aliphatic carbocycles. The molecule has 0 aliphatic heterocycles. The minimum atomic E-state index is -4.39. The lowest BCUT2D eigenvalue weighted by molar-refractivity contribution is -0.135. The van der Waals surface area contributed by atoms with Crippen molar-refractivity contribution in [2.24, 2.45) is 5.73 Å². The number of nitrogens with one attached hydrogen (secondary N) is 1. The van der Waals surface area contributed by atoms with Gasteiger partial charge in [0.1, 0.15) is 5.54 Å². The lowest BCUT2D eigenvalue weighted by Gasteiger charge is -2.27. The van der Waals surface area contributed by atoms with E-state index in [0.717, 1.165) is 11.1 Å². The highest BCUT2D eigenvalue weighted by atomic mass is 35.5. The number of primary amides is 1. The number of nitrogens with two attached hydrogens (primary N) is 1. The number of rotatable bonds is 3. The van der Waals surface area contributed by atoms with Gasteiger partial charge in [0.25, 0.3) is 0 Å². The zero-order valence-electron chi connectivity index (χ0n) is 9.85. The van der Waals surface area contributed by atoms with Crippen LogP contribution in [0.4, 0.5) is 13.2 Å². The normalized spacial score (nSPS) is 22.3. The topological polar surface area (TPSA) is 55.1 Å². The second-order valence-corrected chi connectivity index (χ2v) is 5.12. The molecule has 0 aromatic heterocycles. The van der Waals surface area contributed by atoms with Crippen molar-refractivity contribution >= 4 is 17.5 Å². The summed E-state index contributed by atoms with van der Waals surface area (Å²) in [7, 11) is 0. The Labute approximate surface area is 112 Å². The molecule has 19 heavy (non-hydrogen) atoms.